The summed E-state index contributed by atoms with van der Waals surface area (Å²) in [6.45, 7) is 2.32. The number of hydrogen-bond donors (Lipinski definition) is 1. The molecule has 0 aliphatic carbocycles. The molecule has 0 aliphatic heterocycles. The summed E-state index contributed by atoms with van der Waals surface area (Å²) < 4.78 is 13.1. The lowest BCUT2D eigenvalue weighted by Gasteiger charge is -2.09. The molecule has 0 spiro atoms. The Balaban J connectivity index is 3.01. The second kappa shape index (κ2) is 3.87. The summed E-state index contributed by atoms with van der Waals surface area (Å²) in [6, 6.07) is 4.66. The van der Waals surface area contributed by atoms with E-state index < -0.39 is 0 Å². The topological polar surface area (TPSA) is 26.0 Å². The van der Waals surface area contributed by atoms with Crippen LogP contribution < -0.4 is 5.73 Å². The summed E-state index contributed by atoms with van der Waals surface area (Å²) in [6.07, 6.45) is 0. The van der Waals surface area contributed by atoms with Crippen LogP contribution in [0.4, 0.5) is 4.39 Å². The molecular weight excluding hydrogens is 177 g/mol. The fraction of sp³-hybridized carbons (Fsp3) is 0.333. The smallest absolute Gasteiger partial charge is 0.128 e. The van der Waals surface area contributed by atoms with Gasteiger partial charge in [0.05, 0.1) is 0 Å². The average Bonchev–Trinajstić information content (AvgIpc) is 2.03. The van der Waals surface area contributed by atoms with E-state index in [0.29, 0.717) is 17.1 Å². The number of rotatable bonds is 2. The van der Waals surface area contributed by atoms with Crippen LogP contribution in [-0.4, -0.2) is 6.54 Å². The molecule has 0 heterocycles. The Morgan fingerprint density at radius 2 is 2.25 bits per heavy atom. The molecule has 0 amide bonds. The van der Waals surface area contributed by atoms with Crippen molar-refractivity contribution in [2.45, 2.75) is 12.8 Å². The van der Waals surface area contributed by atoms with Crippen LogP contribution in [0, 0.1) is 5.82 Å². The highest BCUT2D eigenvalue weighted by molar-refractivity contribution is 6.30. The monoisotopic (exact) mass is 187 g/mol. The van der Waals surface area contributed by atoms with Gasteiger partial charge in [-0.05, 0) is 30.2 Å². The first-order chi connectivity index (χ1) is 5.65. The van der Waals surface area contributed by atoms with Gasteiger partial charge in [-0.2, -0.15) is 0 Å². The van der Waals surface area contributed by atoms with Crippen molar-refractivity contribution in [3.05, 3.63) is 34.6 Å². The minimum Gasteiger partial charge on any atom is -0.330 e. The maximum atomic E-state index is 13.1. The van der Waals surface area contributed by atoms with Crippen molar-refractivity contribution >= 4 is 11.6 Å². The predicted molar refractivity (Wildman–Crippen MR) is 48.9 cm³/mol. The number of benzene rings is 1. The number of nitrogens with two attached hydrogens (primary N) is 1. The van der Waals surface area contributed by atoms with Crippen LogP contribution in [0.5, 0.6) is 0 Å². The largest absolute Gasteiger partial charge is 0.330 e. The van der Waals surface area contributed by atoms with Crippen LogP contribution in [-0.2, 0) is 0 Å². The Hall–Kier alpha value is -0.600. The third-order valence-electron chi connectivity index (χ3n) is 1.85. The molecule has 1 unspecified atom stereocenters. The van der Waals surface area contributed by atoms with Gasteiger partial charge < -0.3 is 5.73 Å². The number of halogens is 2. The van der Waals surface area contributed by atoms with E-state index in [2.05, 4.69) is 0 Å². The van der Waals surface area contributed by atoms with Gasteiger partial charge in [0.25, 0.3) is 0 Å². The van der Waals surface area contributed by atoms with Crippen LogP contribution in [0.2, 0.25) is 5.02 Å². The first kappa shape index (κ1) is 9.49. The van der Waals surface area contributed by atoms with E-state index in [-0.39, 0.29) is 11.7 Å². The Morgan fingerprint density at radius 1 is 1.58 bits per heavy atom. The lowest BCUT2D eigenvalue weighted by molar-refractivity contribution is 0.591. The van der Waals surface area contributed by atoms with E-state index in [1.165, 1.54) is 6.07 Å². The zero-order chi connectivity index (χ0) is 9.14. The van der Waals surface area contributed by atoms with Crippen LogP contribution in [0.3, 0.4) is 0 Å². The van der Waals surface area contributed by atoms with E-state index in [1.807, 2.05) is 6.92 Å². The van der Waals surface area contributed by atoms with Crippen molar-refractivity contribution in [1.82, 2.24) is 0 Å². The Bertz CT molecular complexity index is 275. The first-order valence-electron chi connectivity index (χ1n) is 3.80. The van der Waals surface area contributed by atoms with Gasteiger partial charge in [0.1, 0.15) is 5.82 Å². The van der Waals surface area contributed by atoms with Gasteiger partial charge in [0, 0.05) is 5.02 Å². The summed E-state index contributed by atoms with van der Waals surface area (Å²) in [5.74, 6) is -0.234. The Kier molecular flexibility index (Phi) is 3.06. The minimum atomic E-state index is -0.277. The highest BCUT2D eigenvalue weighted by atomic mass is 35.5. The number of hydrogen-bond acceptors (Lipinski definition) is 1. The third-order valence-corrected chi connectivity index (χ3v) is 2.08. The molecule has 1 rings (SSSR count). The first-order valence-corrected chi connectivity index (χ1v) is 4.18. The summed E-state index contributed by atoms with van der Waals surface area (Å²) >= 11 is 5.59. The molecule has 2 N–H and O–H groups in total. The highest BCUT2D eigenvalue weighted by Gasteiger charge is 2.08. The third kappa shape index (κ3) is 1.96. The molecular formula is C9H11ClFN. The molecule has 1 aromatic carbocycles. The van der Waals surface area contributed by atoms with E-state index in [1.54, 1.807) is 12.1 Å². The van der Waals surface area contributed by atoms with E-state index in [9.17, 15) is 4.39 Å². The fourth-order valence-electron chi connectivity index (χ4n) is 1.03. The van der Waals surface area contributed by atoms with Crippen LogP contribution in [0.25, 0.3) is 0 Å². The summed E-state index contributed by atoms with van der Waals surface area (Å²) in [5, 5.41) is 0.417. The average molecular weight is 188 g/mol. The van der Waals surface area contributed by atoms with Crippen molar-refractivity contribution in [1.29, 1.82) is 0 Å². The van der Waals surface area contributed by atoms with Gasteiger partial charge >= 0.3 is 0 Å². The van der Waals surface area contributed by atoms with Crippen molar-refractivity contribution < 1.29 is 4.39 Å². The molecule has 1 aromatic rings. The quantitative estimate of drug-likeness (QED) is 0.757. The van der Waals surface area contributed by atoms with E-state index in [4.69, 9.17) is 17.3 Å². The molecule has 3 heteroatoms. The molecule has 0 bridgehead atoms. The molecule has 1 atom stereocenters. The van der Waals surface area contributed by atoms with E-state index >= 15 is 0 Å². The Labute approximate surface area is 76.3 Å². The predicted octanol–water partition coefficient (Wildman–Crippen LogP) is 2.54. The molecule has 0 aliphatic rings. The minimum absolute atomic E-state index is 0.0438. The van der Waals surface area contributed by atoms with Crippen molar-refractivity contribution in [3.63, 3.8) is 0 Å². The van der Waals surface area contributed by atoms with Gasteiger partial charge in [-0.15, -0.1) is 0 Å². The van der Waals surface area contributed by atoms with Crippen LogP contribution in [0.15, 0.2) is 18.2 Å². The standard InChI is InChI=1S/C9H11ClFN/c1-6(5-12)8-3-2-7(10)4-9(8)11/h2-4,6H,5,12H2,1H3. The SMILES string of the molecule is CC(CN)c1ccc(Cl)cc1F. The second-order valence-corrected chi connectivity index (χ2v) is 3.24. The normalized spacial score (nSPS) is 13.0. The zero-order valence-corrected chi connectivity index (χ0v) is 7.61. The molecule has 0 saturated carbocycles. The molecule has 1 nitrogen and oxygen atoms in total. The zero-order valence-electron chi connectivity index (χ0n) is 6.85. The van der Waals surface area contributed by atoms with Gasteiger partial charge in [-0.1, -0.05) is 24.6 Å². The molecule has 0 fully saturated rings. The lowest BCUT2D eigenvalue weighted by Crippen LogP contribution is -2.10. The van der Waals surface area contributed by atoms with Gasteiger partial charge in [0.2, 0.25) is 0 Å². The lowest BCUT2D eigenvalue weighted by atomic mass is 10.0. The van der Waals surface area contributed by atoms with Gasteiger partial charge in [0.15, 0.2) is 0 Å². The molecule has 0 radical (unpaired) electrons. The maximum absolute atomic E-state index is 13.1. The van der Waals surface area contributed by atoms with Crippen molar-refractivity contribution in [2.75, 3.05) is 6.54 Å². The summed E-state index contributed by atoms with van der Waals surface area (Å²) in [4.78, 5) is 0. The van der Waals surface area contributed by atoms with Crippen molar-refractivity contribution in [2.24, 2.45) is 5.73 Å². The van der Waals surface area contributed by atoms with Crippen LogP contribution in [0.1, 0.15) is 18.4 Å². The van der Waals surface area contributed by atoms with E-state index in [0.717, 1.165) is 0 Å². The maximum Gasteiger partial charge on any atom is 0.128 e. The second-order valence-electron chi connectivity index (χ2n) is 2.80. The van der Waals surface area contributed by atoms with Crippen LogP contribution >= 0.6 is 11.6 Å². The summed E-state index contributed by atoms with van der Waals surface area (Å²) in [5.41, 5.74) is 6.04. The fourth-order valence-corrected chi connectivity index (χ4v) is 1.19. The molecule has 66 valence electrons. The van der Waals surface area contributed by atoms with Gasteiger partial charge in [-0.25, -0.2) is 4.39 Å². The molecule has 0 aromatic heterocycles. The summed E-state index contributed by atoms with van der Waals surface area (Å²) in [7, 11) is 0. The molecule has 12 heavy (non-hydrogen) atoms. The van der Waals surface area contributed by atoms with Crippen molar-refractivity contribution in [3.8, 4) is 0 Å². The van der Waals surface area contributed by atoms with Gasteiger partial charge in [-0.3, -0.25) is 0 Å². The molecule has 0 saturated heterocycles. The Morgan fingerprint density at radius 3 is 2.75 bits per heavy atom. The highest BCUT2D eigenvalue weighted by Crippen LogP contribution is 2.20.